The molecule has 4 unspecified atom stereocenters. The lowest BCUT2D eigenvalue weighted by atomic mass is 9.87. The van der Waals surface area contributed by atoms with Crippen LogP contribution in [0.25, 0.3) is 0 Å². The fraction of sp³-hybridized carbons (Fsp3) is 0.647. The summed E-state index contributed by atoms with van der Waals surface area (Å²) in [4.78, 5) is 0. The van der Waals surface area contributed by atoms with Crippen molar-refractivity contribution >= 4 is 55.0 Å². The lowest BCUT2D eigenvalue weighted by Gasteiger charge is -2.54. The van der Waals surface area contributed by atoms with E-state index < -0.39 is 79.7 Å². The fourth-order valence-electron chi connectivity index (χ4n) is 5.62. The molecule has 10 nitrogen and oxygen atoms in total. The maximum absolute atomic E-state index is 13.0. The van der Waals surface area contributed by atoms with E-state index in [9.17, 15) is 13.5 Å². The predicted molar refractivity (Wildman–Crippen MR) is 210 cm³/mol. The maximum Gasteiger partial charge on any atom is 0.265 e. The van der Waals surface area contributed by atoms with Crippen LogP contribution in [0, 0.1) is 0 Å². The van der Waals surface area contributed by atoms with Crippen LogP contribution in [-0.2, 0) is 42.5 Å². The summed E-state index contributed by atoms with van der Waals surface area (Å²) in [5.74, 6) is -1.45. The Morgan fingerprint density at radius 3 is 1.84 bits per heavy atom. The van der Waals surface area contributed by atoms with E-state index in [0.29, 0.717) is 29.0 Å². The number of hydrogen-bond acceptors (Lipinski definition) is 10. The molecular formula is C34H59ClO10SSi4. The molecule has 2 aromatic carbocycles. The summed E-state index contributed by atoms with van der Waals surface area (Å²) in [6.07, 6.45) is -3.21. The second kappa shape index (κ2) is 16.2. The summed E-state index contributed by atoms with van der Waals surface area (Å²) in [6.45, 7) is 27.6. The van der Waals surface area contributed by atoms with Gasteiger partial charge in [-0.3, -0.25) is 4.18 Å². The highest BCUT2D eigenvalue weighted by Gasteiger charge is 2.59. The molecule has 284 valence electrons. The van der Waals surface area contributed by atoms with Crippen LogP contribution in [0.2, 0.25) is 83.6 Å². The number of hydrogen-bond donors (Lipinski definition) is 1. The minimum absolute atomic E-state index is 0.171. The molecule has 1 N–H and O–H groups in total. The van der Waals surface area contributed by atoms with Crippen LogP contribution >= 0.6 is 11.6 Å². The third-order valence-electron chi connectivity index (χ3n) is 7.30. The van der Waals surface area contributed by atoms with Gasteiger partial charge in [-0.05, 0) is 115 Å². The number of ether oxygens (including phenoxy) is 2. The second-order valence-corrected chi connectivity index (χ2v) is 36.6. The van der Waals surface area contributed by atoms with E-state index >= 15 is 0 Å². The molecule has 2 aromatic rings. The zero-order valence-electron chi connectivity index (χ0n) is 32.3. The zero-order valence-corrected chi connectivity index (χ0v) is 37.8. The highest BCUT2D eigenvalue weighted by Crippen LogP contribution is 2.45. The van der Waals surface area contributed by atoms with Crippen molar-refractivity contribution in [2.45, 2.75) is 122 Å². The van der Waals surface area contributed by atoms with E-state index in [2.05, 4.69) is 58.9 Å². The van der Waals surface area contributed by atoms with Crippen molar-refractivity contribution in [3.05, 3.63) is 64.2 Å². The van der Waals surface area contributed by atoms with Crippen molar-refractivity contribution < 1.29 is 44.9 Å². The molecule has 0 aromatic heterocycles. The average Bonchev–Trinajstić information content (AvgIpc) is 2.92. The Labute approximate surface area is 309 Å². The lowest BCUT2D eigenvalue weighted by Crippen LogP contribution is -2.69. The van der Waals surface area contributed by atoms with Crippen molar-refractivity contribution in [3.8, 4) is 5.75 Å². The van der Waals surface area contributed by atoms with Crippen molar-refractivity contribution in [3.63, 3.8) is 0 Å². The molecule has 0 radical (unpaired) electrons. The summed E-state index contributed by atoms with van der Waals surface area (Å²) < 4.78 is 70.5. The van der Waals surface area contributed by atoms with E-state index in [4.69, 9.17) is 43.0 Å². The Kier molecular flexibility index (Phi) is 14.1. The molecule has 0 amide bonds. The topological polar surface area (TPSA) is 119 Å². The van der Waals surface area contributed by atoms with Crippen LogP contribution in [0.1, 0.15) is 29.7 Å². The first-order chi connectivity index (χ1) is 22.6. The number of aliphatic hydroxyl groups is 1. The predicted octanol–water partition coefficient (Wildman–Crippen LogP) is 7.86. The van der Waals surface area contributed by atoms with Crippen LogP contribution in [0.4, 0.5) is 0 Å². The van der Waals surface area contributed by atoms with Crippen LogP contribution in [0.3, 0.4) is 0 Å². The standard InChI is InChI=1S/C34H59ClO10SSi4/c1-15-39-26-19-16-24(17-20-26)30(42-46(2,37)38)27-22-25(18-21-28(27)35)34(36)33(45-50(12,13)14)32(44-49(9,10)11)31(43-48(6,7)8)29(41-34)23-40-47(3,4)5/h16-22,29-33,36H,15,23H2,1-14H3/t29-,30?,31?,32?,33?,34+/m1/s1. The molecule has 1 aliphatic rings. The van der Waals surface area contributed by atoms with Gasteiger partial charge < -0.3 is 32.3 Å². The van der Waals surface area contributed by atoms with Gasteiger partial charge in [0.05, 0.1) is 19.5 Å². The normalized spacial score (nSPS) is 24.6. The average molecular weight is 808 g/mol. The van der Waals surface area contributed by atoms with Gasteiger partial charge in [-0.2, -0.15) is 8.42 Å². The first-order valence-corrected chi connectivity index (χ1v) is 32.9. The van der Waals surface area contributed by atoms with E-state index in [-0.39, 0.29) is 11.6 Å². The highest BCUT2D eigenvalue weighted by molar-refractivity contribution is 7.86. The van der Waals surface area contributed by atoms with Crippen LogP contribution in [0.15, 0.2) is 42.5 Å². The molecule has 16 heteroatoms. The van der Waals surface area contributed by atoms with Crippen molar-refractivity contribution in [2.75, 3.05) is 19.5 Å². The minimum Gasteiger partial charge on any atom is -0.494 e. The van der Waals surface area contributed by atoms with E-state index in [1.54, 1.807) is 42.5 Å². The smallest absolute Gasteiger partial charge is 0.265 e. The monoisotopic (exact) mass is 806 g/mol. The van der Waals surface area contributed by atoms with E-state index in [0.717, 1.165) is 6.26 Å². The quantitative estimate of drug-likeness (QED) is 0.133. The van der Waals surface area contributed by atoms with Gasteiger partial charge in [0, 0.05) is 16.1 Å². The molecule has 0 aliphatic carbocycles. The summed E-state index contributed by atoms with van der Waals surface area (Å²) in [6, 6.07) is 11.9. The Morgan fingerprint density at radius 2 is 1.36 bits per heavy atom. The largest absolute Gasteiger partial charge is 0.494 e. The third kappa shape index (κ3) is 12.9. The van der Waals surface area contributed by atoms with Crippen LogP contribution in [0.5, 0.6) is 5.75 Å². The first-order valence-electron chi connectivity index (χ1n) is 17.1. The number of rotatable bonds is 16. The van der Waals surface area contributed by atoms with Gasteiger partial charge in [-0.1, -0.05) is 29.8 Å². The molecule has 3 rings (SSSR count). The van der Waals surface area contributed by atoms with Gasteiger partial charge >= 0.3 is 0 Å². The van der Waals surface area contributed by atoms with Gasteiger partial charge in [0.15, 0.2) is 33.3 Å². The highest BCUT2D eigenvalue weighted by atomic mass is 35.5. The molecule has 1 fully saturated rings. The van der Waals surface area contributed by atoms with Gasteiger partial charge in [-0.25, -0.2) is 0 Å². The maximum atomic E-state index is 13.0. The Morgan fingerprint density at radius 1 is 0.820 bits per heavy atom. The minimum atomic E-state index is -3.97. The Balaban J connectivity index is 2.32. The first kappa shape index (κ1) is 43.5. The lowest BCUT2D eigenvalue weighted by molar-refractivity contribution is -0.348. The molecule has 1 heterocycles. The summed E-state index contributed by atoms with van der Waals surface area (Å²) in [5.41, 5.74) is 1.15. The summed E-state index contributed by atoms with van der Waals surface area (Å²) >= 11 is 6.82. The molecule has 1 saturated heterocycles. The van der Waals surface area contributed by atoms with Gasteiger partial charge in [0.25, 0.3) is 10.1 Å². The third-order valence-corrected chi connectivity index (χ3v) is 12.1. The van der Waals surface area contributed by atoms with Crippen LogP contribution in [-0.4, -0.2) is 90.7 Å². The number of halogens is 1. The Bertz CT molecular complexity index is 1540. The summed E-state index contributed by atoms with van der Waals surface area (Å²) in [7, 11) is -12.9. The van der Waals surface area contributed by atoms with Gasteiger partial charge in [0.1, 0.15) is 36.3 Å². The fourth-order valence-corrected chi connectivity index (χ4v) is 10.3. The molecule has 1 aliphatic heterocycles. The molecule has 0 bridgehead atoms. The van der Waals surface area contributed by atoms with E-state index in [1.165, 1.54) is 0 Å². The van der Waals surface area contributed by atoms with Gasteiger partial charge in [-0.15, -0.1) is 0 Å². The van der Waals surface area contributed by atoms with Gasteiger partial charge in [0.2, 0.25) is 5.79 Å². The molecule has 6 atom stereocenters. The Hall–Kier alpha value is -0.932. The van der Waals surface area contributed by atoms with Crippen molar-refractivity contribution in [1.82, 2.24) is 0 Å². The molecule has 0 spiro atoms. The summed E-state index contributed by atoms with van der Waals surface area (Å²) in [5, 5.41) is 13.3. The second-order valence-electron chi connectivity index (χ2n) is 16.7. The van der Waals surface area contributed by atoms with Crippen molar-refractivity contribution in [1.29, 1.82) is 0 Å². The zero-order chi connectivity index (χ0) is 38.1. The molecule has 50 heavy (non-hydrogen) atoms. The van der Waals surface area contributed by atoms with E-state index in [1.807, 2.05) is 26.6 Å². The SMILES string of the molecule is CCOc1ccc(C(OS(C)(=O)=O)c2cc([C@]3(O)O[C@H](CO[Si](C)(C)C)C(O[Si](C)(C)C)C(O[Si](C)(C)C)C3O[Si](C)(C)C)ccc2Cl)cc1. The molecule has 0 saturated carbocycles. The number of benzene rings is 2. The van der Waals surface area contributed by atoms with Crippen LogP contribution < -0.4 is 4.74 Å². The van der Waals surface area contributed by atoms with Crippen molar-refractivity contribution in [2.24, 2.45) is 0 Å². The molecular weight excluding hydrogens is 748 g/mol.